The molecular weight excluding hydrogens is 412 g/mol. The summed E-state index contributed by atoms with van der Waals surface area (Å²) in [6.45, 7) is 1.60. The van der Waals surface area contributed by atoms with Crippen molar-refractivity contribution in [3.05, 3.63) is 31.6 Å². The highest BCUT2D eigenvalue weighted by atomic mass is 127. The van der Waals surface area contributed by atoms with E-state index in [1.807, 2.05) is 0 Å². The van der Waals surface area contributed by atoms with Gasteiger partial charge in [0, 0.05) is 18.0 Å². The Morgan fingerprint density at radius 2 is 2.11 bits per heavy atom. The molecule has 0 amide bonds. The molecule has 1 atom stereocenters. The Bertz CT molecular complexity index is 608. The van der Waals surface area contributed by atoms with Crippen LogP contribution in [-0.4, -0.2) is 25.0 Å². The number of alkyl halides is 1. The van der Waals surface area contributed by atoms with Gasteiger partial charge in [-0.1, -0.05) is 6.92 Å². The molecule has 19 heavy (non-hydrogen) atoms. The van der Waals surface area contributed by atoms with Gasteiger partial charge < -0.3 is 0 Å². The van der Waals surface area contributed by atoms with Crippen LogP contribution < -0.4 is 0 Å². The third kappa shape index (κ3) is 3.99. The predicted molar refractivity (Wildman–Crippen MR) is 77.7 cm³/mol. The van der Waals surface area contributed by atoms with Crippen molar-refractivity contribution in [3.63, 3.8) is 0 Å². The number of nitro benzene ring substituents is 1. The summed E-state index contributed by atoms with van der Waals surface area (Å²) in [6, 6.07) is 1.60. The van der Waals surface area contributed by atoms with Crippen molar-refractivity contribution in [2.75, 3.05) is 11.6 Å². The maximum atomic E-state index is 13.5. The van der Waals surface area contributed by atoms with E-state index in [9.17, 15) is 22.9 Å². The standard InChI is InChI=1S/C10H10ClFINO4S/c1-6(4-11)5-19(17,18)10-2-7(12)8(13)3-9(10)14(15)16/h2-3,6H,4-5H2,1H3. The molecule has 0 bridgehead atoms. The van der Waals surface area contributed by atoms with Gasteiger partial charge in [-0.3, -0.25) is 10.1 Å². The summed E-state index contributed by atoms with van der Waals surface area (Å²) in [4.78, 5) is 9.44. The fourth-order valence-corrected chi connectivity index (χ4v) is 3.89. The Hall–Kier alpha value is -0.480. The Balaban J connectivity index is 3.40. The molecule has 0 saturated carbocycles. The molecule has 0 aliphatic heterocycles. The van der Waals surface area contributed by atoms with Crippen LogP contribution in [0.1, 0.15) is 6.92 Å². The largest absolute Gasteiger partial charge is 0.289 e. The van der Waals surface area contributed by atoms with E-state index in [4.69, 9.17) is 11.6 Å². The first-order valence-corrected chi connectivity index (χ1v) is 8.37. The van der Waals surface area contributed by atoms with E-state index in [1.165, 1.54) is 0 Å². The first-order valence-electron chi connectivity index (χ1n) is 5.11. The summed E-state index contributed by atoms with van der Waals surface area (Å²) in [5.41, 5.74) is -0.618. The molecule has 0 spiro atoms. The van der Waals surface area contributed by atoms with Crippen molar-refractivity contribution < 1.29 is 17.7 Å². The Kier molecular flexibility index (Phi) is 5.51. The van der Waals surface area contributed by atoms with Gasteiger partial charge in [0.2, 0.25) is 0 Å². The van der Waals surface area contributed by atoms with Crippen molar-refractivity contribution in [1.29, 1.82) is 0 Å². The lowest BCUT2D eigenvalue weighted by molar-refractivity contribution is -0.388. The maximum absolute atomic E-state index is 13.5. The smallest absolute Gasteiger partial charge is 0.258 e. The molecule has 0 aliphatic rings. The van der Waals surface area contributed by atoms with Crippen LogP contribution in [-0.2, 0) is 9.84 Å². The average Bonchev–Trinajstić information content (AvgIpc) is 2.30. The lowest BCUT2D eigenvalue weighted by atomic mass is 10.3. The van der Waals surface area contributed by atoms with E-state index in [-0.39, 0.29) is 21.1 Å². The number of benzene rings is 1. The molecule has 0 aromatic heterocycles. The van der Waals surface area contributed by atoms with Crippen LogP contribution in [0, 0.1) is 25.4 Å². The van der Waals surface area contributed by atoms with Gasteiger partial charge in [0.05, 0.1) is 14.2 Å². The van der Waals surface area contributed by atoms with E-state index in [2.05, 4.69) is 0 Å². The highest BCUT2D eigenvalue weighted by molar-refractivity contribution is 14.1. The van der Waals surface area contributed by atoms with Gasteiger partial charge in [-0.2, -0.15) is 0 Å². The van der Waals surface area contributed by atoms with Crippen LogP contribution in [0.2, 0.25) is 0 Å². The van der Waals surface area contributed by atoms with Gasteiger partial charge in [-0.25, -0.2) is 12.8 Å². The van der Waals surface area contributed by atoms with Crippen molar-refractivity contribution in [3.8, 4) is 0 Å². The molecule has 5 nitrogen and oxygen atoms in total. The van der Waals surface area contributed by atoms with E-state index in [0.717, 1.165) is 6.07 Å². The summed E-state index contributed by atoms with van der Waals surface area (Å²) < 4.78 is 37.6. The van der Waals surface area contributed by atoms with Crippen LogP contribution in [0.3, 0.4) is 0 Å². The van der Waals surface area contributed by atoms with Gasteiger partial charge >= 0.3 is 0 Å². The number of hydrogen-bond donors (Lipinski definition) is 0. The third-order valence-electron chi connectivity index (χ3n) is 2.30. The Morgan fingerprint density at radius 3 is 2.58 bits per heavy atom. The van der Waals surface area contributed by atoms with E-state index >= 15 is 0 Å². The topological polar surface area (TPSA) is 77.3 Å². The number of sulfone groups is 1. The average molecular weight is 422 g/mol. The molecule has 0 fully saturated rings. The summed E-state index contributed by atoms with van der Waals surface area (Å²) in [6.07, 6.45) is 0. The molecule has 0 radical (unpaired) electrons. The number of halogens is 3. The quantitative estimate of drug-likeness (QED) is 0.317. The second kappa shape index (κ2) is 6.31. The van der Waals surface area contributed by atoms with E-state index < -0.39 is 31.2 Å². The fourth-order valence-electron chi connectivity index (χ4n) is 1.42. The lowest BCUT2D eigenvalue weighted by Gasteiger charge is -2.09. The summed E-state index contributed by atoms with van der Waals surface area (Å²) in [5, 5.41) is 10.9. The zero-order chi connectivity index (χ0) is 14.8. The zero-order valence-electron chi connectivity index (χ0n) is 9.77. The second-order valence-corrected chi connectivity index (χ2v) is 7.51. The number of rotatable bonds is 5. The minimum atomic E-state index is -3.96. The molecule has 1 aromatic rings. The highest BCUT2D eigenvalue weighted by Crippen LogP contribution is 2.29. The molecule has 1 rings (SSSR count). The normalized spacial score (nSPS) is 13.3. The Labute approximate surface area is 128 Å². The molecule has 0 N–H and O–H groups in total. The van der Waals surface area contributed by atoms with Crippen LogP contribution >= 0.6 is 34.2 Å². The van der Waals surface area contributed by atoms with Gasteiger partial charge in [0.15, 0.2) is 9.84 Å². The van der Waals surface area contributed by atoms with Crippen LogP contribution in [0.25, 0.3) is 0 Å². The molecule has 0 saturated heterocycles. The van der Waals surface area contributed by atoms with Crippen molar-refractivity contribution in [1.82, 2.24) is 0 Å². The van der Waals surface area contributed by atoms with E-state index in [0.29, 0.717) is 6.07 Å². The maximum Gasteiger partial charge on any atom is 0.289 e. The molecular formula is C10H10ClFINO4S. The van der Waals surface area contributed by atoms with Crippen molar-refractivity contribution in [2.24, 2.45) is 5.92 Å². The summed E-state index contributed by atoms with van der Waals surface area (Å²) in [7, 11) is -3.96. The monoisotopic (exact) mass is 421 g/mol. The van der Waals surface area contributed by atoms with Gasteiger partial charge in [0.1, 0.15) is 10.7 Å². The number of hydrogen-bond acceptors (Lipinski definition) is 4. The molecule has 1 aromatic carbocycles. The van der Waals surface area contributed by atoms with Crippen LogP contribution in [0.15, 0.2) is 17.0 Å². The third-order valence-corrected chi connectivity index (χ3v) is 5.66. The molecule has 0 heterocycles. The molecule has 0 aliphatic carbocycles. The van der Waals surface area contributed by atoms with Gasteiger partial charge in [0.25, 0.3) is 5.69 Å². The lowest BCUT2D eigenvalue weighted by Crippen LogP contribution is -2.17. The SMILES string of the molecule is CC(CCl)CS(=O)(=O)c1cc(F)c(I)cc1[N+](=O)[O-]. The fraction of sp³-hybridized carbons (Fsp3) is 0.400. The second-order valence-electron chi connectivity index (χ2n) is 4.03. The summed E-state index contributed by atoms with van der Waals surface area (Å²) >= 11 is 7.10. The van der Waals surface area contributed by atoms with Crippen molar-refractivity contribution in [2.45, 2.75) is 11.8 Å². The minimum absolute atomic E-state index is 0.00589. The van der Waals surface area contributed by atoms with Crippen LogP contribution in [0.4, 0.5) is 10.1 Å². The highest BCUT2D eigenvalue weighted by Gasteiger charge is 2.29. The van der Waals surface area contributed by atoms with Crippen molar-refractivity contribution >= 4 is 49.7 Å². The summed E-state index contributed by atoms with van der Waals surface area (Å²) in [5.74, 6) is -1.45. The number of nitrogens with zero attached hydrogens (tertiary/aromatic N) is 1. The predicted octanol–water partition coefficient (Wildman–Crippen LogP) is 2.99. The zero-order valence-corrected chi connectivity index (χ0v) is 13.5. The number of nitro groups is 1. The minimum Gasteiger partial charge on any atom is -0.258 e. The molecule has 9 heteroatoms. The van der Waals surface area contributed by atoms with E-state index in [1.54, 1.807) is 29.5 Å². The molecule has 1 unspecified atom stereocenters. The Morgan fingerprint density at radius 1 is 1.53 bits per heavy atom. The first kappa shape index (κ1) is 16.6. The van der Waals surface area contributed by atoms with Gasteiger partial charge in [-0.05, 0) is 28.5 Å². The first-order chi connectivity index (χ1) is 8.69. The molecule has 106 valence electrons. The van der Waals surface area contributed by atoms with Crippen LogP contribution in [0.5, 0.6) is 0 Å². The van der Waals surface area contributed by atoms with Gasteiger partial charge in [-0.15, -0.1) is 11.6 Å².